The Labute approximate surface area is 80.7 Å². The second-order valence-electron chi connectivity index (χ2n) is 3.93. The maximum absolute atomic E-state index is 9.44. The van der Waals surface area contributed by atoms with Crippen LogP contribution in [-0.2, 0) is 4.74 Å². The molecule has 0 spiro atoms. The molecule has 2 atom stereocenters. The highest BCUT2D eigenvalue weighted by Crippen LogP contribution is 2.16. The highest BCUT2D eigenvalue weighted by Gasteiger charge is 2.20. The van der Waals surface area contributed by atoms with Gasteiger partial charge in [0.05, 0.1) is 12.7 Å². The van der Waals surface area contributed by atoms with E-state index < -0.39 is 0 Å². The number of ether oxygens (including phenoxy) is 1. The average molecular weight is 187 g/mol. The minimum Gasteiger partial charge on any atom is -0.391 e. The van der Waals surface area contributed by atoms with Crippen LogP contribution in [-0.4, -0.2) is 49.0 Å². The lowest BCUT2D eigenvalue weighted by atomic mass is 10.2. The van der Waals surface area contributed by atoms with Crippen LogP contribution in [0.1, 0.15) is 26.2 Å². The van der Waals surface area contributed by atoms with Gasteiger partial charge in [0.25, 0.3) is 0 Å². The van der Waals surface area contributed by atoms with E-state index in [9.17, 15) is 5.11 Å². The Morgan fingerprint density at radius 1 is 1.62 bits per heavy atom. The maximum Gasteiger partial charge on any atom is 0.0785 e. The molecule has 3 heteroatoms. The molecule has 1 fully saturated rings. The molecule has 1 aliphatic heterocycles. The summed E-state index contributed by atoms with van der Waals surface area (Å²) in [5.41, 5.74) is 0. The number of hydrogen-bond acceptors (Lipinski definition) is 3. The standard InChI is InChI=1S/C10H21NO2/c1-9-4-3-6-11(9)7-5-10(12)8-13-2/h9-10,12H,3-8H2,1-2H3. The maximum atomic E-state index is 9.44. The van der Waals surface area contributed by atoms with Crippen molar-refractivity contribution in [3.8, 4) is 0 Å². The molecule has 0 aromatic carbocycles. The molecule has 13 heavy (non-hydrogen) atoms. The van der Waals surface area contributed by atoms with E-state index in [1.54, 1.807) is 7.11 Å². The van der Waals surface area contributed by atoms with Crippen molar-refractivity contribution < 1.29 is 9.84 Å². The number of aliphatic hydroxyl groups is 1. The van der Waals surface area contributed by atoms with Crippen molar-refractivity contribution in [3.05, 3.63) is 0 Å². The molecule has 1 saturated heterocycles. The highest BCUT2D eigenvalue weighted by atomic mass is 16.5. The van der Waals surface area contributed by atoms with Gasteiger partial charge in [-0.05, 0) is 32.7 Å². The van der Waals surface area contributed by atoms with Crippen LogP contribution in [0.25, 0.3) is 0 Å². The summed E-state index contributed by atoms with van der Waals surface area (Å²) in [6.07, 6.45) is 3.15. The van der Waals surface area contributed by atoms with Gasteiger partial charge in [0.1, 0.15) is 0 Å². The third-order valence-corrected chi connectivity index (χ3v) is 2.80. The van der Waals surface area contributed by atoms with Gasteiger partial charge in [-0.25, -0.2) is 0 Å². The zero-order valence-electron chi connectivity index (χ0n) is 8.70. The normalized spacial score (nSPS) is 26.5. The van der Waals surface area contributed by atoms with Crippen LogP contribution < -0.4 is 0 Å². The van der Waals surface area contributed by atoms with Crippen molar-refractivity contribution in [3.63, 3.8) is 0 Å². The van der Waals surface area contributed by atoms with Gasteiger partial charge in [0, 0.05) is 19.7 Å². The molecule has 1 aliphatic rings. The summed E-state index contributed by atoms with van der Waals surface area (Å²) < 4.78 is 4.88. The minimum atomic E-state index is -0.294. The number of likely N-dealkylation sites (tertiary alicyclic amines) is 1. The Morgan fingerprint density at radius 3 is 2.92 bits per heavy atom. The molecule has 2 unspecified atom stereocenters. The molecule has 0 aromatic heterocycles. The summed E-state index contributed by atoms with van der Waals surface area (Å²) in [5.74, 6) is 0. The molecule has 3 nitrogen and oxygen atoms in total. The number of methoxy groups -OCH3 is 1. The monoisotopic (exact) mass is 187 g/mol. The van der Waals surface area contributed by atoms with Crippen LogP contribution in [0.3, 0.4) is 0 Å². The fourth-order valence-corrected chi connectivity index (χ4v) is 1.92. The predicted molar refractivity (Wildman–Crippen MR) is 52.8 cm³/mol. The lowest BCUT2D eigenvalue weighted by molar-refractivity contribution is 0.0511. The Hall–Kier alpha value is -0.120. The third kappa shape index (κ3) is 3.63. The molecule has 0 amide bonds. The first kappa shape index (κ1) is 11.0. The Balaban J connectivity index is 2.10. The van der Waals surface area contributed by atoms with Gasteiger partial charge in [-0.3, -0.25) is 0 Å². The van der Waals surface area contributed by atoms with Crippen LogP contribution >= 0.6 is 0 Å². The zero-order chi connectivity index (χ0) is 9.68. The summed E-state index contributed by atoms with van der Waals surface area (Å²) in [4.78, 5) is 2.44. The third-order valence-electron chi connectivity index (χ3n) is 2.80. The van der Waals surface area contributed by atoms with Crippen molar-refractivity contribution in [1.82, 2.24) is 4.90 Å². The summed E-state index contributed by atoms with van der Waals surface area (Å²) in [5, 5.41) is 9.44. The molecule has 0 bridgehead atoms. The first-order valence-corrected chi connectivity index (χ1v) is 5.15. The Kier molecular flexibility index (Phi) is 4.70. The summed E-state index contributed by atoms with van der Waals surface area (Å²) in [6, 6.07) is 0.703. The first-order valence-electron chi connectivity index (χ1n) is 5.15. The fraction of sp³-hybridized carbons (Fsp3) is 1.00. The summed E-state index contributed by atoms with van der Waals surface area (Å²) in [7, 11) is 1.63. The van der Waals surface area contributed by atoms with E-state index in [2.05, 4.69) is 11.8 Å². The van der Waals surface area contributed by atoms with Crippen LogP contribution in [0.4, 0.5) is 0 Å². The average Bonchev–Trinajstić information content (AvgIpc) is 2.48. The largest absolute Gasteiger partial charge is 0.391 e. The van der Waals surface area contributed by atoms with Gasteiger partial charge in [0.2, 0.25) is 0 Å². The van der Waals surface area contributed by atoms with Gasteiger partial charge in [-0.15, -0.1) is 0 Å². The van der Waals surface area contributed by atoms with Gasteiger partial charge < -0.3 is 14.7 Å². The molecule has 1 heterocycles. The Bertz CT molecular complexity index is 141. The number of rotatable bonds is 5. The zero-order valence-corrected chi connectivity index (χ0v) is 8.70. The predicted octanol–water partition coefficient (Wildman–Crippen LogP) is 0.868. The van der Waals surface area contributed by atoms with Crippen molar-refractivity contribution in [1.29, 1.82) is 0 Å². The van der Waals surface area contributed by atoms with E-state index in [4.69, 9.17) is 4.74 Å². The van der Waals surface area contributed by atoms with Crippen LogP contribution in [0, 0.1) is 0 Å². The highest BCUT2D eigenvalue weighted by molar-refractivity contribution is 4.75. The Morgan fingerprint density at radius 2 is 2.38 bits per heavy atom. The van der Waals surface area contributed by atoms with Gasteiger partial charge in [0.15, 0.2) is 0 Å². The first-order chi connectivity index (χ1) is 6.24. The minimum absolute atomic E-state index is 0.294. The van der Waals surface area contributed by atoms with Crippen molar-refractivity contribution in [2.24, 2.45) is 0 Å². The van der Waals surface area contributed by atoms with Gasteiger partial charge in [-0.2, -0.15) is 0 Å². The molecule has 0 saturated carbocycles. The van der Waals surface area contributed by atoms with E-state index in [1.165, 1.54) is 19.4 Å². The molecular formula is C10H21NO2. The lowest BCUT2D eigenvalue weighted by Gasteiger charge is -2.22. The van der Waals surface area contributed by atoms with Crippen LogP contribution in [0.2, 0.25) is 0 Å². The van der Waals surface area contributed by atoms with Crippen molar-refractivity contribution in [2.45, 2.75) is 38.3 Å². The van der Waals surface area contributed by atoms with Crippen LogP contribution in [0.5, 0.6) is 0 Å². The molecule has 0 radical (unpaired) electrons. The number of aliphatic hydroxyl groups excluding tert-OH is 1. The van der Waals surface area contributed by atoms with Crippen molar-refractivity contribution >= 4 is 0 Å². The van der Waals surface area contributed by atoms with Crippen LogP contribution in [0.15, 0.2) is 0 Å². The molecule has 0 aromatic rings. The lowest BCUT2D eigenvalue weighted by Crippen LogP contribution is -2.31. The fourth-order valence-electron chi connectivity index (χ4n) is 1.92. The molecule has 1 N–H and O–H groups in total. The number of hydrogen-bond donors (Lipinski definition) is 1. The SMILES string of the molecule is COCC(O)CCN1CCCC1C. The van der Waals surface area contributed by atoms with E-state index in [-0.39, 0.29) is 6.10 Å². The van der Waals surface area contributed by atoms with Gasteiger partial charge in [-0.1, -0.05) is 0 Å². The van der Waals surface area contributed by atoms with E-state index in [0.717, 1.165) is 13.0 Å². The smallest absolute Gasteiger partial charge is 0.0785 e. The molecule has 1 rings (SSSR count). The number of nitrogens with zero attached hydrogens (tertiary/aromatic N) is 1. The molecular weight excluding hydrogens is 166 g/mol. The van der Waals surface area contributed by atoms with E-state index in [1.807, 2.05) is 0 Å². The summed E-state index contributed by atoms with van der Waals surface area (Å²) >= 11 is 0. The van der Waals surface area contributed by atoms with Crippen molar-refractivity contribution in [2.75, 3.05) is 26.8 Å². The molecule has 78 valence electrons. The summed E-state index contributed by atoms with van der Waals surface area (Å²) in [6.45, 7) is 4.92. The second kappa shape index (κ2) is 5.58. The second-order valence-corrected chi connectivity index (χ2v) is 3.93. The van der Waals surface area contributed by atoms with Gasteiger partial charge >= 0.3 is 0 Å². The topological polar surface area (TPSA) is 32.7 Å². The molecule has 0 aliphatic carbocycles. The van der Waals surface area contributed by atoms with E-state index >= 15 is 0 Å². The quantitative estimate of drug-likeness (QED) is 0.693. The van der Waals surface area contributed by atoms with E-state index in [0.29, 0.717) is 12.6 Å².